The van der Waals surface area contributed by atoms with E-state index in [0.29, 0.717) is 0 Å². The third kappa shape index (κ3) is 2.75. The largest absolute Gasteiger partial charge is 0.508 e. The number of nitrogens with zero attached hydrogens (tertiary/aromatic N) is 1. The Morgan fingerprint density at radius 2 is 1.82 bits per heavy atom. The van der Waals surface area contributed by atoms with Gasteiger partial charge in [0.05, 0.1) is 6.10 Å². The Morgan fingerprint density at radius 1 is 1.12 bits per heavy atom. The topological polar surface area (TPSA) is 42.4 Å². The lowest BCUT2D eigenvalue weighted by Gasteiger charge is -2.13. The number of phenols is 1. The van der Waals surface area contributed by atoms with Crippen molar-refractivity contribution >= 4 is 0 Å². The van der Waals surface area contributed by atoms with Crippen LogP contribution in [0.5, 0.6) is 11.5 Å². The van der Waals surface area contributed by atoms with E-state index in [4.69, 9.17) is 4.74 Å². The normalized spacial score (nSPS) is 10.5. The zero-order valence-electron chi connectivity index (χ0n) is 9.92. The number of aromatic hydroxyl groups is 1. The van der Waals surface area contributed by atoms with Crippen LogP contribution in [0.2, 0.25) is 0 Å². The highest BCUT2D eigenvalue weighted by Crippen LogP contribution is 2.29. The van der Waals surface area contributed by atoms with Crippen LogP contribution >= 0.6 is 0 Å². The number of ether oxygens (including phenoxy) is 1. The Morgan fingerprint density at radius 3 is 2.47 bits per heavy atom. The van der Waals surface area contributed by atoms with Gasteiger partial charge in [0, 0.05) is 11.8 Å². The van der Waals surface area contributed by atoms with E-state index in [0.717, 1.165) is 17.0 Å². The fraction of sp³-hybridized carbons (Fsp3) is 0.214. The molecule has 0 unspecified atom stereocenters. The van der Waals surface area contributed by atoms with E-state index in [1.165, 1.54) is 0 Å². The first-order valence-electron chi connectivity index (χ1n) is 5.58. The summed E-state index contributed by atoms with van der Waals surface area (Å²) in [7, 11) is 0. The van der Waals surface area contributed by atoms with Gasteiger partial charge in [0.2, 0.25) is 0 Å². The molecule has 3 nitrogen and oxygen atoms in total. The first kappa shape index (κ1) is 11.5. The minimum absolute atomic E-state index is 0.107. The first-order valence-corrected chi connectivity index (χ1v) is 5.58. The van der Waals surface area contributed by atoms with E-state index in [1.54, 1.807) is 18.3 Å². The van der Waals surface area contributed by atoms with E-state index in [9.17, 15) is 5.11 Å². The molecule has 1 aromatic heterocycles. The molecule has 0 atom stereocenters. The van der Waals surface area contributed by atoms with Gasteiger partial charge in [-0.2, -0.15) is 0 Å². The van der Waals surface area contributed by atoms with E-state index < -0.39 is 0 Å². The van der Waals surface area contributed by atoms with Crippen LogP contribution in [0.1, 0.15) is 13.8 Å². The number of pyridine rings is 1. The molecular formula is C14H15NO2. The predicted octanol–water partition coefficient (Wildman–Crippen LogP) is 3.24. The summed E-state index contributed by atoms with van der Waals surface area (Å²) in [5, 5.41) is 9.27. The fourth-order valence-corrected chi connectivity index (χ4v) is 1.58. The first-order chi connectivity index (χ1) is 8.16. The van der Waals surface area contributed by atoms with Crippen molar-refractivity contribution in [3.05, 3.63) is 42.6 Å². The molecule has 0 fully saturated rings. The van der Waals surface area contributed by atoms with E-state index in [1.807, 2.05) is 38.1 Å². The van der Waals surface area contributed by atoms with Crippen molar-refractivity contribution in [1.82, 2.24) is 4.98 Å². The summed E-state index contributed by atoms with van der Waals surface area (Å²) in [5.41, 5.74) is 1.72. The molecule has 0 aliphatic rings. The lowest BCUT2D eigenvalue weighted by molar-refractivity contribution is 0.242. The van der Waals surface area contributed by atoms with E-state index in [-0.39, 0.29) is 11.9 Å². The van der Waals surface area contributed by atoms with Crippen molar-refractivity contribution in [1.29, 1.82) is 0 Å². The molecule has 0 bridgehead atoms. The molecule has 1 heterocycles. The van der Waals surface area contributed by atoms with Gasteiger partial charge in [-0.25, -0.2) is 0 Å². The molecule has 0 amide bonds. The SMILES string of the molecule is CC(C)Oc1cccnc1-c1ccc(O)cc1. The molecule has 0 spiro atoms. The quantitative estimate of drug-likeness (QED) is 0.878. The maximum atomic E-state index is 9.27. The van der Waals surface area contributed by atoms with Crippen LogP contribution in [0.3, 0.4) is 0 Å². The van der Waals surface area contributed by atoms with Gasteiger partial charge in [0.15, 0.2) is 0 Å². The maximum absolute atomic E-state index is 9.27. The van der Waals surface area contributed by atoms with Crippen LogP contribution in [0.4, 0.5) is 0 Å². The molecule has 0 aliphatic heterocycles. The van der Waals surface area contributed by atoms with Gasteiger partial charge in [-0.1, -0.05) is 0 Å². The summed E-state index contributed by atoms with van der Waals surface area (Å²) >= 11 is 0. The van der Waals surface area contributed by atoms with Crippen molar-refractivity contribution in [2.75, 3.05) is 0 Å². The second kappa shape index (κ2) is 4.87. The summed E-state index contributed by atoms with van der Waals surface area (Å²) in [5.74, 6) is 1.00. The number of hydrogen-bond donors (Lipinski definition) is 1. The second-order valence-corrected chi connectivity index (χ2v) is 4.06. The summed E-state index contributed by atoms with van der Waals surface area (Å²) < 4.78 is 5.70. The minimum Gasteiger partial charge on any atom is -0.508 e. The molecule has 0 saturated heterocycles. The molecule has 0 aliphatic carbocycles. The molecule has 1 N–H and O–H groups in total. The molecule has 0 saturated carbocycles. The van der Waals surface area contributed by atoms with Crippen molar-refractivity contribution in [2.24, 2.45) is 0 Å². The minimum atomic E-state index is 0.107. The van der Waals surface area contributed by atoms with E-state index in [2.05, 4.69) is 4.98 Å². The number of benzene rings is 1. The number of aromatic nitrogens is 1. The standard InChI is InChI=1S/C14H15NO2/c1-10(2)17-13-4-3-9-15-14(13)11-5-7-12(16)8-6-11/h3-10,16H,1-2H3. The number of phenolic OH excluding ortho intramolecular Hbond substituents is 1. The molecule has 88 valence electrons. The molecule has 0 radical (unpaired) electrons. The maximum Gasteiger partial charge on any atom is 0.145 e. The van der Waals surface area contributed by atoms with Crippen molar-refractivity contribution < 1.29 is 9.84 Å². The molecule has 1 aromatic carbocycles. The third-order valence-electron chi connectivity index (χ3n) is 2.27. The number of hydrogen-bond acceptors (Lipinski definition) is 3. The van der Waals surface area contributed by atoms with Crippen LogP contribution in [0.25, 0.3) is 11.3 Å². The average molecular weight is 229 g/mol. The molecule has 2 rings (SSSR count). The van der Waals surface area contributed by atoms with Gasteiger partial charge < -0.3 is 9.84 Å². The molecule has 17 heavy (non-hydrogen) atoms. The Kier molecular flexibility index (Phi) is 3.28. The summed E-state index contributed by atoms with van der Waals surface area (Å²) in [6.45, 7) is 3.96. The Labute approximate surface area is 101 Å². The Bertz CT molecular complexity index is 492. The highest BCUT2D eigenvalue weighted by molar-refractivity contribution is 5.66. The van der Waals surface area contributed by atoms with Gasteiger partial charge in [0.1, 0.15) is 17.2 Å². The monoisotopic (exact) mass is 229 g/mol. The number of rotatable bonds is 3. The van der Waals surface area contributed by atoms with Gasteiger partial charge in [0.25, 0.3) is 0 Å². The Hall–Kier alpha value is -2.03. The van der Waals surface area contributed by atoms with Gasteiger partial charge >= 0.3 is 0 Å². The zero-order chi connectivity index (χ0) is 12.3. The van der Waals surface area contributed by atoms with Gasteiger partial charge in [-0.3, -0.25) is 4.98 Å². The van der Waals surface area contributed by atoms with Crippen molar-refractivity contribution in [2.45, 2.75) is 20.0 Å². The van der Waals surface area contributed by atoms with Crippen LogP contribution in [-0.4, -0.2) is 16.2 Å². The summed E-state index contributed by atoms with van der Waals surface area (Å²) in [6, 6.07) is 10.7. The molecule has 3 heteroatoms. The lowest BCUT2D eigenvalue weighted by atomic mass is 10.1. The Balaban J connectivity index is 2.40. The zero-order valence-corrected chi connectivity index (χ0v) is 9.92. The predicted molar refractivity (Wildman–Crippen MR) is 67.1 cm³/mol. The van der Waals surface area contributed by atoms with Crippen molar-refractivity contribution in [3.8, 4) is 22.8 Å². The van der Waals surface area contributed by atoms with Crippen LogP contribution in [0, 0.1) is 0 Å². The fourth-order valence-electron chi connectivity index (χ4n) is 1.58. The van der Waals surface area contributed by atoms with E-state index >= 15 is 0 Å². The van der Waals surface area contributed by atoms with Crippen LogP contribution < -0.4 is 4.74 Å². The highest BCUT2D eigenvalue weighted by atomic mass is 16.5. The van der Waals surface area contributed by atoms with Crippen molar-refractivity contribution in [3.63, 3.8) is 0 Å². The van der Waals surface area contributed by atoms with Crippen LogP contribution in [-0.2, 0) is 0 Å². The highest BCUT2D eigenvalue weighted by Gasteiger charge is 2.08. The van der Waals surface area contributed by atoms with Gasteiger partial charge in [-0.15, -0.1) is 0 Å². The average Bonchev–Trinajstić information content (AvgIpc) is 2.30. The second-order valence-electron chi connectivity index (χ2n) is 4.06. The summed E-state index contributed by atoms with van der Waals surface area (Å²) in [4.78, 5) is 4.33. The van der Waals surface area contributed by atoms with Crippen LogP contribution in [0.15, 0.2) is 42.6 Å². The smallest absolute Gasteiger partial charge is 0.145 e. The van der Waals surface area contributed by atoms with Gasteiger partial charge in [-0.05, 0) is 50.2 Å². The molecular weight excluding hydrogens is 214 g/mol. The lowest BCUT2D eigenvalue weighted by Crippen LogP contribution is -2.06. The molecule has 2 aromatic rings. The third-order valence-corrected chi connectivity index (χ3v) is 2.27. The summed E-state index contributed by atoms with van der Waals surface area (Å²) in [6.07, 6.45) is 1.84.